The molecule has 0 N–H and O–H groups in total. The molecule has 0 aliphatic heterocycles. The summed E-state index contributed by atoms with van der Waals surface area (Å²) in [5, 5.41) is 0. The molecule has 2 heteroatoms. The first kappa shape index (κ1) is 17.7. The second kappa shape index (κ2) is 14.3. The van der Waals surface area contributed by atoms with E-state index >= 15 is 0 Å². The topological polar surface area (TPSA) is 0 Å². The van der Waals surface area contributed by atoms with Crippen LogP contribution in [0.5, 0.6) is 0 Å². The predicted molar refractivity (Wildman–Crippen MR) is 76.0 cm³/mol. The Hall–Kier alpha value is 1.30. The van der Waals surface area contributed by atoms with Crippen molar-refractivity contribution in [3.8, 4) is 0 Å². The standard InChI is InChI=1S/3C4H9.In.H3P/c3*1-3-4-2;;/h3*1,3-4H2,2H3;;1H3. The van der Waals surface area contributed by atoms with Gasteiger partial charge >= 0.3 is 93.3 Å². The van der Waals surface area contributed by atoms with E-state index < -0.39 is 21.4 Å². The Kier molecular flexibility index (Phi) is 18.1. The molecule has 0 aliphatic carbocycles. The molecule has 0 spiro atoms. The molecule has 0 aromatic carbocycles. The zero-order chi connectivity index (χ0) is 9.94. The van der Waals surface area contributed by atoms with Crippen molar-refractivity contribution in [1.82, 2.24) is 0 Å². The maximum Gasteiger partial charge on any atom is -0.153 e. The maximum absolute atomic E-state index is 2.34. The van der Waals surface area contributed by atoms with Crippen LogP contribution in [0, 0.1) is 0 Å². The normalized spacial score (nSPS) is 9.64. The molecule has 1 unspecified atom stereocenters. The second-order valence-electron chi connectivity index (χ2n) is 4.29. The fourth-order valence-electron chi connectivity index (χ4n) is 1.91. The summed E-state index contributed by atoms with van der Waals surface area (Å²) < 4.78 is 5.08. The minimum atomic E-state index is -0.967. The molecule has 0 fully saturated rings. The van der Waals surface area contributed by atoms with Crippen molar-refractivity contribution in [3.05, 3.63) is 0 Å². The molecule has 0 rings (SSSR count). The average Bonchev–Trinajstić information content (AvgIpc) is 2.17. The fraction of sp³-hybridized carbons (Fsp3) is 1.00. The van der Waals surface area contributed by atoms with Gasteiger partial charge in [0.05, 0.1) is 0 Å². The Labute approximate surface area is 103 Å². The van der Waals surface area contributed by atoms with E-state index in [2.05, 4.69) is 20.8 Å². The summed E-state index contributed by atoms with van der Waals surface area (Å²) in [6, 6.07) is 0. The van der Waals surface area contributed by atoms with Crippen LogP contribution in [0.4, 0.5) is 0 Å². The average molecular weight is 320 g/mol. The minimum absolute atomic E-state index is 0. The van der Waals surface area contributed by atoms with E-state index in [1.165, 1.54) is 38.5 Å². The Morgan fingerprint density at radius 2 is 0.929 bits per heavy atom. The van der Waals surface area contributed by atoms with Gasteiger partial charge in [0.1, 0.15) is 0 Å². The second-order valence-corrected chi connectivity index (χ2v) is 14.2. The Morgan fingerprint density at radius 1 is 0.643 bits per heavy atom. The molecule has 86 valence electrons. The van der Waals surface area contributed by atoms with Crippen LogP contribution < -0.4 is 0 Å². The van der Waals surface area contributed by atoms with Crippen molar-refractivity contribution in [3.63, 3.8) is 0 Å². The zero-order valence-electron chi connectivity index (χ0n) is 10.6. The van der Waals surface area contributed by atoms with E-state index in [1.807, 2.05) is 0 Å². The third-order valence-electron chi connectivity index (χ3n) is 2.90. The summed E-state index contributed by atoms with van der Waals surface area (Å²) in [6.45, 7) is 7.01. The van der Waals surface area contributed by atoms with Gasteiger partial charge < -0.3 is 0 Å². The van der Waals surface area contributed by atoms with E-state index in [0.29, 0.717) is 0 Å². The molecular weight excluding hydrogens is 290 g/mol. The van der Waals surface area contributed by atoms with E-state index in [0.717, 1.165) is 0 Å². The van der Waals surface area contributed by atoms with Gasteiger partial charge in [0.2, 0.25) is 0 Å². The van der Waals surface area contributed by atoms with Crippen LogP contribution >= 0.6 is 9.90 Å². The molecule has 14 heavy (non-hydrogen) atoms. The van der Waals surface area contributed by atoms with Gasteiger partial charge in [-0.25, -0.2) is 0 Å². The van der Waals surface area contributed by atoms with Crippen LogP contribution in [-0.2, 0) is 0 Å². The van der Waals surface area contributed by atoms with Gasteiger partial charge in [-0.05, 0) is 0 Å². The molecule has 0 bridgehead atoms. The predicted octanol–water partition coefficient (Wildman–Crippen LogP) is 4.94. The summed E-state index contributed by atoms with van der Waals surface area (Å²) in [4.78, 5) is 0. The van der Waals surface area contributed by atoms with Crippen LogP contribution in [0.1, 0.15) is 59.3 Å². The molecule has 0 saturated heterocycles. The van der Waals surface area contributed by atoms with Crippen molar-refractivity contribution in [2.45, 2.75) is 71.8 Å². The van der Waals surface area contributed by atoms with Gasteiger partial charge in [0.25, 0.3) is 0 Å². The summed E-state index contributed by atoms with van der Waals surface area (Å²) in [5.41, 5.74) is 0. The van der Waals surface area contributed by atoms with Gasteiger partial charge in [0, 0.05) is 0 Å². The molecule has 0 nitrogen and oxygen atoms in total. The fourth-order valence-corrected chi connectivity index (χ4v) is 12.8. The van der Waals surface area contributed by atoms with Crippen molar-refractivity contribution in [2.24, 2.45) is 0 Å². The van der Waals surface area contributed by atoms with Crippen LogP contribution in [0.15, 0.2) is 0 Å². The van der Waals surface area contributed by atoms with Crippen molar-refractivity contribution < 1.29 is 0 Å². The SMILES string of the molecule is CCC[CH2][In]([CH2]CCC)[CH2]CCC.P. The van der Waals surface area contributed by atoms with Crippen molar-refractivity contribution >= 4 is 31.3 Å². The summed E-state index contributed by atoms with van der Waals surface area (Å²) in [5.74, 6) is 0. The molecule has 0 amide bonds. The molecule has 0 aromatic rings. The molecule has 0 radical (unpaired) electrons. The molecule has 1 atom stereocenters. The molecular formula is C12H30InP. The number of hydrogen-bond donors (Lipinski definition) is 0. The summed E-state index contributed by atoms with van der Waals surface area (Å²) in [6.07, 6.45) is 8.87. The van der Waals surface area contributed by atoms with Crippen LogP contribution in [0.2, 0.25) is 12.5 Å². The first-order chi connectivity index (χ1) is 6.35. The summed E-state index contributed by atoms with van der Waals surface area (Å²) >= 11 is -0.967. The number of hydrogen-bond acceptors (Lipinski definition) is 0. The van der Waals surface area contributed by atoms with Crippen LogP contribution in [-0.4, -0.2) is 21.4 Å². The van der Waals surface area contributed by atoms with E-state index in [9.17, 15) is 0 Å². The molecule has 0 aliphatic rings. The Bertz CT molecular complexity index is 77.3. The van der Waals surface area contributed by atoms with Crippen molar-refractivity contribution in [2.75, 3.05) is 0 Å². The third-order valence-corrected chi connectivity index (χ3v) is 13.4. The Balaban J connectivity index is 0. The van der Waals surface area contributed by atoms with E-state index in [-0.39, 0.29) is 9.90 Å². The van der Waals surface area contributed by atoms with E-state index in [1.54, 1.807) is 12.5 Å². The molecule has 0 aromatic heterocycles. The third kappa shape index (κ3) is 11.4. The monoisotopic (exact) mass is 320 g/mol. The first-order valence-corrected chi connectivity index (χ1v) is 13.3. The smallest absolute Gasteiger partial charge is 0.153 e. The van der Waals surface area contributed by atoms with Crippen LogP contribution in [0.25, 0.3) is 0 Å². The van der Waals surface area contributed by atoms with Gasteiger partial charge in [-0.1, -0.05) is 0 Å². The molecule has 0 saturated carbocycles. The molecule has 0 heterocycles. The van der Waals surface area contributed by atoms with E-state index in [4.69, 9.17) is 0 Å². The van der Waals surface area contributed by atoms with Gasteiger partial charge in [-0.15, -0.1) is 0 Å². The van der Waals surface area contributed by atoms with Gasteiger partial charge in [-0.2, -0.15) is 9.90 Å². The number of unbranched alkanes of at least 4 members (excludes halogenated alkanes) is 3. The largest absolute Gasteiger partial charge is 0.153 e. The van der Waals surface area contributed by atoms with Gasteiger partial charge in [0.15, 0.2) is 0 Å². The first-order valence-electron chi connectivity index (χ1n) is 6.35. The zero-order valence-corrected chi connectivity index (χ0v) is 15.4. The van der Waals surface area contributed by atoms with Crippen LogP contribution in [0.3, 0.4) is 0 Å². The number of rotatable bonds is 9. The minimum Gasteiger partial charge on any atom is -0.153 e. The summed E-state index contributed by atoms with van der Waals surface area (Å²) in [7, 11) is 0. The van der Waals surface area contributed by atoms with Crippen molar-refractivity contribution in [1.29, 1.82) is 0 Å². The Morgan fingerprint density at radius 3 is 1.14 bits per heavy atom. The quantitative estimate of drug-likeness (QED) is 0.528. The van der Waals surface area contributed by atoms with Gasteiger partial charge in [-0.3, -0.25) is 0 Å². The maximum atomic E-state index is 2.34.